The Kier molecular flexibility index (Phi) is 0.644. The van der Waals surface area contributed by atoms with Gasteiger partial charge in [0.25, 0.3) is 0 Å². The summed E-state index contributed by atoms with van der Waals surface area (Å²) in [7, 11) is 0. The first-order valence-corrected chi connectivity index (χ1v) is 5.24. The molecule has 0 aromatic carbocycles. The van der Waals surface area contributed by atoms with Gasteiger partial charge < -0.3 is 9.47 Å². The molecule has 3 aliphatic carbocycles. The highest BCUT2D eigenvalue weighted by atomic mass is 16.6. The molecule has 8 atom stereocenters. The van der Waals surface area contributed by atoms with Crippen LogP contribution < -0.4 is 0 Å². The number of fused-ring (bicyclic) bond motifs is 10. The maximum Gasteiger partial charge on any atom is 0.0876 e. The Balaban J connectivity index is 1.66. The molecule has 0 aromatic heterocycles. The van der Waals surface area contributed by atoms with E-state index in [1.807, 2.05) is 0 Å². The number of epoxide rings is 2. The first-order valence-electron chi connectivity index (χ1n) is 5.24. The van der Waals surface area contributed by atoms with E-state index in [0.717, 1.165) is 23.7 Å². The van der Waals surface area contributed by atoms with E-state index in [1.165, 1.54) is 12.8 Å². The van der Waals surface area contributed by atoms with E-state index in [0.29, 0.717) is 24.4 Å². The third-order valence-electron chi connectivity index (χ3n) is 4.99. The summed E-state index contributed by atoms with van der Waals surface area (Å²) in [6.07, 6.45) is 5.58. The lowest BCUT2D eigenvalue weighted by atomic mass is 9.81. The third-order valence-corrected chi connectivity index (χ3v) is 4.99. The van der Waals surface area contributed by atoms with E-state index >= 15 is 0 Å². The van der Waals surface area contributed by atoms with Crippen LogP contribution in [0.3, 0.4) is 0 Å². The van der Waals surface area contributed by atoms with E-state index in [1.54, 1.807) is 0 Å². The first kappa shape index (κ1) is 5.61. The Morgan fingerprint density at radius 2 is 1.67 bits per heavy atom. The highest BCUT2D eigenvalue weighted by Gasteiger charge is 2.74. The average molecular weight is 164 g/mol. The summed E-state index contributed by atoms with van der Waals surface area (Å²) in [4.78, 5) is 0. The maximum absolute atomic E-state index is 5.69. The van der Waals surface area contributed by atoms with E-state index in [2.05, 4.69) is 0 Å². The molecular weight excluding hydrogens is 152 g/mol. The third kappa shape index (κ3) is 0.409. The fraction of sp³-hybridized carbons (Fsp3) is 1.00. The van der Waals surface area contributed by atoms with Gasteiger partial charge >= 0.3 is 0 Å². The molecule has 0 radical (unpaired) electrons. The lowest BCUT2D eigenvalue weighted by Gasteiger charge is -2.22. The maximum atomic E-state index is 5.69. The van der Waals surface area contributed by atoms with Crippen LogP contribution in [0, 0.1) is 23.7 Å². The molecule has 2 heteroatoms. The molecule has 0 aromatic rings. The topological polar surface area (TPSA) is 25.1 Å². The second-order valence-corrected chi connectivity index (χ2v) is 5.24. The minimum absolute atomic E-state index is 0.676. The van der Waals surface area contributed by atoms with Gasteiger partial charge in [-0.2, -0.15) is 0 Å². The van der Waals surface area contributed by atoms with Crippen LogP contribution in [0.15, 0.2) is 0 Å². The summed E-state index contributed by atoms with van der Waals surface area (Å²) in [6.45, 7) is 0. The van der Waals surface area contributed by atoms with Crippen LogP contribution in [-0.2, 0) is 9.47 Å². The molecule has 3 saturated carbocycles. The Labute approximate surface area is 71.2 Å². The second-order valence-electron chi connectivity index (χ2n) is 5.24. The molecule has 5 fully saturated rings. The molecular formula is C10H12O2. The van der Waals surface area contributed by atoms with Crippen molar-refractivity contribution in [2.75, 3.05) is 0 Å². The number of hydrogen-bond donors (Lipinski definition) is 0. The number of hydrogen-bond acceptors (Lipinski definition) is 2. The molecule has 2 heterocycles. The van der Waals surface area contributed by atoms with E-state index in [-0.39, 0.29) is 0 Å². The van der Waals surface area contributed by atoms with Gasteiger partial charge in [0.2, 0.25) is 0 Å². The molecule has 2 aliphatic heterocycles. The normalized spacial score (nSPS) is 80.0. The lowest BCUT2D eigenvalue weighted by Crippen LogP contribution is -2.27. The molecule has 2 saturated heterocycles. The highest BCUT2D eigenvalue weighted by molar-refractivity contribution is 5.21. The van der Waals surface area contributed by atoms with Crippen molar-refractivity contribution in [1.29, 1.82) is 0 Å². The van der Waals surface area contributed by atoms with Crippen molar-refractivity contribution in [2.45, 2.75) is 37.3 Å². The van der Waals surface area contributed by atoms with Gasteiger partial charge in [0.15, 0.2) is 0 Å². The van der Waals surface area contributed by atoms with E-state index < -0.39 is 0 Å². The second kappa shape index (κ2) is 1.38. The van der Waals surface area contributed by atoms with Crippen LogP contribution in [-0.4, -0.2) is 24.4 Å². The molecule has 0 amide bonds. The van der Waals surface area contributed by atoms with Gasteiger partial charge in [-0.1, -0.05) is 0 Å². The Morgan fingerprint density at radius 3 is 2.67 bits per heavy atom. The molecule has 0 N–H and O–H groups in total. The molecule has 12 heavy (non-hydrogen) atoms. The van der Waals surface area contributed by atoms with E-state index in [4.69, 9.17) is 9.47 Å². The zero-order valence-corrected chi connectivity index (χ0v) is 6.85. The largest absolute Gasteiger partial charge is 0.369 e. The zero-order valence-electron chi connectivity index (χ0n) is 6.85. The molecule has 0 spiro atoms. The van der Waals surface area contributed by atoms with Crippen LogP contribution in [0.5, 0.6) is 0 Å². The fourth-order valence-electron chi connectivity index (χ4n) is 4.58. The summed E-state index contributed by atoms with van der Waals surface area (Å²) >= 11 is 0. The Bertz CT molecular complexity index is 273. The van der Waals surface area contributed by atoms with Gasteiger partial charge in [0.05, 0.1) is 24.4 Å². The molecule has 2 bridgehead atoms. The van der Waals surface area contributed by atoms with Gasteiger partial charge in [-0.25, -0.2) is 0 Å². The lowest BCUT2D eigenvalue weighted by molar-refractivity contribution is 0.162. The molecule has 2 nitrogen and oxygen atoms in total. The summed E-state index contributed by atoms with van der Waals surface area (Å²) in [5, 5.41) is 0. The average Bonchev–Trinajstić information content (AvgIpc) is 2.92. The predicted molar refractivity (Wildman–Crippen MR) is 40.5 cm³/mol. The van der Waals surface area contributed by atoms with Crippen LogP contribution in [0.4, 0.5) is 0 Å². The molecule has 64 valence electrons. The summed E-state index contributed by atoms with van der Waals surface area (Å²) < 4.78 is 11.3. The summed E-state index contributed by atoms with van der Waals surface area (Å²) in [5.41, 5.74) is 0. The van der Waals surface area contributed by atoms with Gasteiger partial charge in [0.1, 0.15) is 0 Å². The standard InChI is InChI=1S/C10H12O2/c1-4-3-2-6-10(11-6)7(3)5(1)9-8(4)12-9/h3-10H,1-2H2/t3-,4-,5+,6-,7+,8+,9-,10-/m0/s1. The molecule has 5 rings (SSSR count). The SMILES string of the molecule is C1[C@H]2[C@@H]3C[C@@H]4O[C@@H]4[C@H]3[C@@H]1[C@@H]1O[C@H]21. The van der Waals surface area contributed by atoms with Crippen LogP contribution in [0.1, 0.15) is 12.8 Å². The van der Waals surface area contributed by atoms with E-state index in [9.17, 15) is 0 Å². The molecule has 0 unspecified atom stereocenters. The van der Waals surface area contributed by atoms with Crippen LogP contribution in [0.2, 0.25) is 0 Å². The minimum atomic E-state index is 0.676. The van der Waals surface area contributed by atoms with Crippen molar-refractivity contribution < 1.29 is 9.47 Å². The van der Waals surface area contributed by atoms with Crippen LogP contribution in [0.25, 0.3) is 0 Å². The fourth-order valence-corrected chi connectivity index (χ4v) is 4.58. The summed E-state index contributed by atoms with van der Waals surface area (Å²) in [6, 6.07) is 0. The van der Waals surface area contributed by atoms with Crippen molar-refractivity contribution in [1.82, 2.24) is 0 Å². The number of ether oxygens (including phenoxy) is 2. The van der Waals surface area contributed by atoms with Crippen molar-refractivity contribution in [3.8, 4) is 0 Å². The smallest absolute Gasteiger partial charge is 0.0876 e. The Hall–Kier alpha value is -0.0800. The highest BCUT2D eigenvalue weighted by Crippen LogP contribution is 2.69. The quantitative estimate of drug-likeness (QED) is 0.495. The zero-order chi connectivity index (χ0) is 7.45. The molecule has 5 aliphatic rings. The van der Waals surface area contributed by atoms with Crippen molar-refractivity contribution in [3.05, 3.63) is 0 Å². The predicted octanol–water partition coefficient (Wildman–Crippen LogP) is 0.807. The first-order chi connectivity index (χ1) is 5.93. The summed E-state index contributed by atoms with van der Waals surface area (Å²) in [5.74, 6) is 3.77. The van der Waals surface area contributed by atoms with Crippen molar-refractivity contribution in [2.24, 2.45) is 23.7 Å². The van der Waals surface area contributed by atoms with Gasteiger partial charge in [0, 0.05) is 0 Å². The number of rotatable bonds is 0. The van der Waals surface area contributed by atoms with Gasteiger partial charge in [-0.15, -0.1) is 0 Å². The van der Waals surface area contributed by atoms with Crippen molar-refractivity contribution in [3.63, 3.8) is 0 Å². The van der Waals surface area contributed by atoms with Crippen LogP contribution >= 0.6 is 0 Å². The van der Waals surface area contributed by atoms with Gasteiger partial charge in [-0.05, 0) is 36.5 Å². The Morgan fingerprint density at radius 1 is 0.750 bits per heavy atom. The monoisotopic (exact) mass is 164 g/mol. The van der Waals surface area contributed by atoms with Gasteiger partial charge in [-0.3, -0.25) is 0 Å². The minimum Gasteiger partial charge on any atom is -0.369 e. The van der Waals surface area contributed by atoms with Crippen molar-refractivity contribution >= 4 is 0 Å².